The van der Waals surface area contributed by atoms with E-state index in [0.717, 1.165) is 16.5 Å². The average Bonchev–Trinajstić information content (AvgIpc) is 2.49. The molecule has 2 nitrogen and oxygen atoms in total. The third-order valence-corrected chi connectivity index (χ3v) is 2.08. The minimum absolute atomic E-state index is 0.445. The van der Waals surface area contributed by atoms with E-state index in [1.165, 1.54) is 0 Å². The first-order chi connectivity index (χ1) is 5.79. The van der Waals surface area contributed by atoms with Crippen LogP contribution in [0.3, 0.4) is 0 Å². The normalized spacial score (nSPS) is 10.3. The molecular formula is C9H8N2S. The summed E-state index contributed by atoms with van der Waals surface area (Å²) in [6, 6.07) is 7.84. The standard InChI is InChI=1S/C9H8N2S/c10-9(12)7-2-1-3-8-6(7)4-5-11-8/h1-5,11H,(H2,10,12). The molecule has 0 fully saturated rings. The van der Waals surface area contributed by atoms with Crippen molar-refractivity contribution in [2.24, 2.45) is 5.73 Å². The summed E-state index contributed by atoms with van der Waals surface area (Å²) in [5.41, 5.74) is 7.56. The van der Waals surface area contributed by atoms with Gasteiger partial charge in [-0.2, -0.15) is 0 Å². The molecule has 3 heteroatoms. The van der Waals surface area contributed by atoms with Crippen LogP contribution in [0.2, 0.25) is 0 Å². The highest BCUT2D eigenvalue weighted by Gasteiger charge is 2.02. The minimum atomic E-state index is 0.445. The highest BCUT2D eigenvalue weighted by Crippen LogP contribution is 2.16. The number of benzene rings is 1. The van der Waals surface area contributed by atoms with Crippen molar-refractivity contribution >= 4 is 28.1 Å². The summed E-state index contributed by atoms with van der Waals surface area (Å²) in [7, 11) is 0. The summed E-state index contributed by atoms with van der Waals surface area (Å²) in [5, 5.41) is 1.09. The predicted octanol–water partition coefficient (Wildman–Crippen LogP) is 1.80. The second-order valence-electron chi connectivity index (χ2n) is 2.61. The fraction of sp³-hybridized carbons (Fsp3) is 0. The number of rotatable bonds is 1. The number of H-pyrrole nitrogens is 1. The SMILES string of the molecule is NC(=S)c1cccc2[nH]ccc12. The van der Waals surface area contributed by atoms with Crippen molar-refractivity contribution in [3.63, 3.8) is 0 Å². The number of aromatic amines is 1. The van der Waals surface area contributed by atoms with Crippen LogP contribution in [0.15, 0.2) is 30.5 Å². The molecule has 1 heterocycles. The molecular weight excluding hydrogens is 168 g/mol. The number of nitrogens with two attached hydrogens (primary N) is 1. The van der Waals surface area contributed by atoms with Crippen molar-refractivity contribution in [2.75, 3.05) is 0 Å². The van der Waals surface area contributed by atoms with Gasteiger partial charge in [0.1, 0.15) is 4.99 Å². The van der Waals surface area contributed by atoms with Crippen molar-refractivity contribution in [1.29, 1.82) is 0 Å². The van der Waals surface area contributed by atoms with Gasteiger partial charge in [0.2, 0.25) is 0 Å². The second kappa shape index (κ2) is 2.60. The van der Waals surface area contributed by atoms with Crippen molar-refractivity contribution < 1.29 is 0 Å². The van der Waals surface area contributed by atoms with Gasteiger partial charge in [-0.05, 0) is 12.1 Å². The van der Waals surface area contributed by atoms with Crippen molar-refractivity contribution in [3.05, 3.63) is 36.0 Å². The Balaban J connectivity index is 2.82. The highest BCUT2D eigenvalue weighted by atomic mass is 32.1. The minimum Gasteiger partial charge on any atom is -0.389 e. The van der Waals surface area contributed by atoms with E-state index in [9.17, 15) is 0 Å². The largest absolute Gasteiger partial charge is 0.389 e. The maximum absolute atomic E-state index is 5.56. The highest BCUT2D eigenvalue weighted by molar-refractivity contribution is 7.80. The molecule has 60 valence electrons. The lowest BCUT2D eigenvalue weighted by Gasteiger charge is -1.98. The quantitative estimate of drug-likeness (QED) is 0.650. The van der Waals surface area contributed by atoms with Crippen LogP contribution < -0.4 is 5.73 Å². The second-order valence-corrected chi connectivity index (χ2v) is 3.05. The molecule has 0 amide bonds. The Morgan fingerprint density at radius 1 is 1.33 bits per heavy atom. The third-order valence-electron chi connectivity index (χ3n) is 1.86. The summed E-state index contributed by atoms with van der Waals surface area (Å²) in [5.74, 6) is 0. The maximum atomic E-state index is 5.56. The average molecular weight is 176 g/mol. The zero-order valence-electron chi connectivity index (χ0n) is 6.37. The van der Waals surface area contributed by atoms with E-state index in [4.69, 9.17) is 18.0 Å². The van der Waals surface area contributed by atoms with E-state index < -0.39 is 0 Å². The Kier molecular flexibility index (Phi) is 1.59. The van der Waals surface area contributed by atoms with Crippen LogP contribution >= 0.6 is 12.2 Å². The number of nitrogens with one attached hydrogen (secondary N) is 1. The van der Waals surface area contributed by atoms with Crippen molar-refractivity contribution in [2.45, 2.75) is 0 Å². The summed E-state index contributed by atoms with van der Waals surface area (Å²) in [4.78, 5) is 3.54. The van der Waals surface area contributed by atoms with Gasteiger partial charge in [0.05, 0.1) is 0 Å². The van der Waals surface area contributed by atoms with Crippen LogP contribution in [0.1, 0.15) is 5.56 Å². The molecule has 0 saturated heterocycles. The van der Waals surface area contributed by atoms with E-state index in [0.29, 0.717) is 4.99 Å². The number of hydrogen-bond acceptors (Lipinski definition) is 1. The molecule has 0 aliphatic rings. The molecule has 1 aromatic heterocycles. The first-order valence-electron chi connectivity index (χ1n) is 3.65. The van der Waals surface area contributed by atoms with E-state index in [1.807, 2.05) is 30.5 Å². The van der Waals surface area contributed by atoms with Crippen LogP contribution in [-0.4, -0.2) is 9.97 Å². The molecule has 0 atom stereocenters. The maximum Gasteiger partial charge on any atom is 0.104 e. The number of thiocarbonyl (C=S) groups is 1. The van der Waals surface area contributed by atoms with Gasteiger partial charge in [0.25, 0.3) is 0 Å². The van der Waals surface area contributed by atoms with Gasteiger partial charge in [-0.15, -0.1) is 0 Å². The van der Waals surface area contributed by atoms with Gasteiger partial charge in [-0.1, -0.05) is 24.4 Å². The van der Waals surface area contributed by atoms with E-state index in [2.05, 4.69) is 4.98 Å². The summed E-state index contributed by atoms with van der Waals surface area (Å²) in [6.45, 7) is 0. The molecule has 0 spiro atoms. The number of aromatic nitrogens is 1. The monoisotopic (exact) mass is 176 g/mol. The molecule has 1 aromatic carbocycles. The lowest BCUT2D eigenvalue weighted by molar-refractivity contribution is 1.48. The van der Waals surface area contributed by atoms with Crippen molar-refractivity contribution in [1.82, 2.24) is 4.98 Å². The lowest BCUT2D eigenvalue weighted by Crippen LogP contribution is -2.09. The Labute approximate surface area is 75.4 Å². The Bertz CT molecular complexity index is 431. The molecule has 12 heavy (non-hydrogen) atoms. The van der Waals surface area contributed by atoms with Gasteiger partial charge in [-0.25, -0.2) is 0 Å². The van der Waals surface area contributed by atoms with Crippen molar-refractivity contribution in [3.8, 4) is 0 Å². The number of fused-ring (bicyclic) bond motifs is 1. The number of hydrogen-bond donors (Lipinski definition) is 2. The summed E-state index contributed by atoms with van der Waals surface area (Å²) in [6.07, 6.45) is 1.88. The van der Waals surface area contributed by atoms with Gasteiger partial charge in [0, 0.05) is 22.7 Å². The van der Waals surface area contributed by atoms with Crippen LogP contribution in [0.4, 0.5) is 0 Å². The zero-order valence-corrected chi connectivity index (χ0v) is 7.19. The topological polar surface area (TPSA) is 41.8 Å². The van der Waals surface area contributed by atoms with Gasteiger partial charge in [-0.3, -0.25) is 0 Å². The van der Waals surface area contributed by atoms with Crippen LogP contribution in [0.25, 0.3) is 10.9 Å². The van der Waals surface area contributed by atoms with Gasteiger partial charge < -0.3 is 10.7 Å². The lowest BCUT2D eigenvalue weighted by atomic mass is 10.1. The van der Waals surface area contributed by atoms with E-state index in [1.54, 1.807) is 0 Å². The zero-order chi connectivity index (χ0) is 8.55. The first kappa shape index (κ1) is 7.31. The molecule has 2 aromatic rings. The molecule has 0 aliphatic carbocycles. The Hall–Kier alpha value is -1.35. The van der Waals surface area contributed by atoms with Gasteiger partial charge >= 0.3 is 0 Å². The molecule has 0 unspecified atom stereocenters. The van der Waals surface area contributed by atoms with Crippen LogP contribution in [0, 0.1) is 0 Å². The molecule has 0 bridgehead atoms. The fourth-order valence-electron chi connectivity index (χ4n) is 1.30. The third kappa shape index (κ3) is 0.987. The smallest absolute Gasteiger partial charge is 0.104 e. The Morgan fingerprint density at radius 2 is 2.17 bits per heavy atom. The molecule has 3 N–H and O–H groups in total. The summed E-state index contributed by atoms with van der Waals surface area (Å²) >= 11 is 4.92. The van der Waals surface area contributed by atoms with Gasteiger partial charge in [0.15, 0.2) is 0 Å². The molecule has 2 rings (SSSR count). The van der Waals surface area contributed by atoms with E-state index >= 15 is 0 Å². The molecule has 0 radical (unpaired) electrons. The molecule has 0 aliphatic heterocycles. The van der Waals surface area contributed by atoms with Crippen LogP contribution in [0.5, 0.6) is 0 Å². The molecule has 0 saturated carbocycles. The van der Waals surface area contributed by atoms with E-state index in [-0.39, 0.29) is 0 Å². The summed E-state index contributed by atoms with van der Waals surface area (Å²) < 4.78 is 0. The Morgan fingerprint density at radius 3 is 2.92 bits per heavy atom. The fourth-order valence-corrected chi connectivity index (χ4v) is 1.48. The predicted molar refractivity (Wildman–Crippen MR) is 54.2 cm³/mol. The van der Waals surface area contributed by atoms with Crippen LogP contribution in [-0.2, 0) is 0 Å². The first-order valence-corrected chi connectivity index (χ1v) is 4.06.